The predicted octanol–water partition coefficient (Wildman–Crippen LogP) is 2.10. The maximum atomic E-state index is 12.5. The van der Waals surface area contributed by atoms with E-state index in [2.05, 4.69) is 26.7 Å². The summed E-state index contributed by atoms with van der Waals surface area (Å²) < 4.78 is 6.78. The topological polar surface area (TPSA) is 91.0 Å². The van der Waals surface area contributed by atoms with Crippen LogP contribution in [-0.2, 0) is 9.59 Å². The van der Waals surface area contributed by atoms with Crippen molar-refractivity contribution in [2.24, 2.45) is 0 Å². The minimum atomic E-state index is -0.993. The summed E-state index contributed by atoms with van der Waals surface area (Å²) in [6.45, 7) is 7.84. The van der Waals surface area contributed by atoms with Gasteiger partial charge in [-0.25, -0.2) is 4.79 Å². The first kappa shape index (κ1) is 19.5. The zero-order valence-corrected chi connectivity index (χ0v) is 17.3. The molecule has 27 heavy (non-hydrogen) atoms. The van der Waals surface area contributed by atoms with Crippen LogP contribution in [0.15, 0.2) is 16.6 Å². The first-order chi connectivity index (χ1) is 12.6. The summed E-state index contributed by atoms with van der Waals surface area (Å²) in [5, 5.41) is 3.37. The number of aryl methyl sites for hydroxylation is 1. The van der Waals surface area contributed by atoms with Gasteiger partial charge in [0.05, 0.1) is 18.8 Å². The Balaban J connectivity index is 1.75. The average Bonchev–Trinajstić information content (AvgIpc) is 2.80. The number of benzene rings is 1. The van der Waals surface area contributed by atoms with Crippen molar-refractivity contribution < 1.29 is 19.1 Å². The third kappa shape index (κ3) is 3.60. The molecule has 0 saturated carbocycles. The number of nitrogens with zero attached hydrogens (tertiary/aromatic N) is 2. The van der Waals surface area contributed by atoms with Crippen molar-refractivity contribution in [2.45, 2.75) is 45.8 Å². The number of ether oxygens (including phenoxy) is 1. The monoisotopic (exact) mass is 438 g/mol. The molecule has 0 unspecified atom stereocenters. The van der Waals surface area contributed by atoms with Gasteiger partial charge in [-0.3, -0.25) is 15.0 Å². The Kier molecular flexibility index (Phi) is 5.07. The number of rotatable bonds is 4. The first-order valence-corrected chi connectivity index (χ1v) is 9.62. The molecule has 2 aliphatic heterocycles. The summed E-state index contributed by atoms with van der Waals surface area (Å²) in [5.74, 6) is -0.205. The second-order valence-corrected chi connectivity index (χ2v) is 8.02. The highest BCUT2D eigenvalue weighted by atomic mass is 79.9. The van der Waals surface area contributed by atoms with Gasteiger partial charge in [0, 0.05) is 4.47 Å². The van der Waals surface area contributed by atoms with Gasteiger partial charge >= 0.3 is 6.03 Å². The molecule has 0 aromatic heterocycles. The SMILES string of the molecule is CC[C@@]1(C)NC(=O)N(NC(=O)CN2C[C@H](C)Oc3cc(C)c(Br)cc32)C1=O. The van der Waals surface area contributed by atoms with E-state index < -0.39 is 23.4 Å². The van der Waals surface area contributed by atoms with Crippen molar-refractivity contribution >= 4 is 39.5 Å². The lowest BCUT2D eigenvalue weighted by Gasteiger charge is -2.35. The van der Waals surface area contributed by atoms with Crippen molar-refractivity contribution in [3.05, 3.63) is 22.2 Å². The highest BCUT2D eigenvalue weighted by Crippen LogP contribution is 2.37. The number of amides is 4. The Hall–Kier alpha value is -2.29. The lowest BCUT2D eigenvalue weighted by Crippen LogP contribution is -2.52. The Morgan fingerprint density at radius 3 is 2.78 bits per heavy atom. The Labute approximate surface area is 166 Å². The molecule has 1 aromatic rings. The molecule has 2 N–H and O–H groups in total. The van der Waals surface area contributed by atoms with Crippen molar-refractivity contribution in [1.82, 2.24) is 15.8 Å². The number of anilines is 1. The van der Waals surface area contributed by atoms with Crippen LogP contribution in [-0.4, -0.2) is 47.6 Å². The summed E-state index contributed by atoms with van der Waals surface area (Å²) in [7, 11) is 0. The van der Waals surface area contributed by atoms with E-state index in [1.54, 1.807) is 13.8 Å². The smallest absolute Gasteiger partial charge is 0.344 e. The third-order valence-corrected chi connectivity index (χ3v) is 5.78. The summed E-state index contributed by atoms with van der Waals surface area (Å²) in [5.41, 5.74) is 3.25. The lowest BCUT2D eigenvalue weighted by molar-refractivity contribution is -0.138. The maximum Gasteiger partial charge on any atom is 0.344 e. The van der Waals surface area contributed by atoms with Crippen LogP contribution in [0.25, 0.3) is 0 Å². The van der Waals surface area contributed by atoms with Crippen molar-refractivity contribution in [1.29, 1.82) is 0 Å². The largest absolute Gasteiger partial charge is 0.487 e. The van der Waals surface area contributed by atoms with Gasteiger partial charge in [-0.1, -0.05) is 22.9 Å². The standard InChI is InChI=1S/C18H23BrN4O4/c1-5-18(4)16(25)23(17(26)20-18)21-15(24)9-22-8-11(3)27-14-6-10(2)12(19)7-13(14)22/h6-7,11H,5,8-9H2,1-4H3,(H,20,26)(H,21,24)/t11-,18+/m0/s1. The van der Waals surface area contributed by atoms with Gasteiger partial charge in [0.2, 0.25) is 0 Å². The van der Waals surface area contributed by atoms with E-state index in [4.69, 9.17) is 4.74 Å². The second kappa shape index (κ2) is 7.03. The Morgan fingerprint density at radius 2 is 2.15 bits per heavy atom. The molecule has 0 radical (unpaired) electrons. The molecule has 2 atom stereocenters. The molecule has 2 heterocycles. The fourth-order valence-corrected chi connectivity index (χ4v) is 3.49. The molecule has 1 saturated heterocycles. The van der Waals surface area contributed by atoms with Crippen LogP contribution in [0.2, 0.25) is 0 Å². The predicted molar refractivity (Wildman–Crippen MR) is 103 cm³/mol. The molecule has 2 aliphatic rings. The number of nitrogens with one attached hydrogen (secondary N) is 2. The highest BCUT2D eigenvalue weighted by Gasteiger charge is 2.47. The van der Waals surface area contributed by atoms with Crippen LogP contribution in [0, 0.1) is 6.92 Å². The lowest BCUT2D eigenvalue weighted by atomic mass is 10.00. The number of carbonyl (C=O) groups excluding carboxylic acids is 3. The molecule has 0 bridgehead atoms. The number of carbonyl (C=O) groups is 3. The molecular weight excluding hydrogens is 416 g/mol. The van der Waals surface area contributed by atoms with E-state index in [0.29, 0.717) is 18.7 Å². The molecule has 3 rings (SSSR count). The zero-order chi connectivity index (χ0) is 19.9. The first-order valence-electron chi connectivity index (χ1n) is 8.82. The molecule has 1 aromatic carbocycles. The molecular formula is C18H23BrN4O4. The summed E-state index contributed by atoms with van der Waals surface area (Å²) in [6, 6.07) is 3.21. The second-order valence-electron chi connectivity index (χ2n) is 7.17. The van der Waals surface area contributed by atoms with E-state index in [-0.39, 0.29) is 12.6 Å². The van der Waals surface area contributed by atoms with Crippen LogP contribution in [0.1, 0.15) is 32.8 Å². The summed E-state index contributed by atoms with van der Waals surface area (Å²) in [6.07, 6.45) is 0.344. The molecule has 0 spiro atoms. The molecule has 8 nitrogen and oxygen atoms in total. The molecule has 9 heteroatoms. The summed E-state index contributed by atoms with van der Waals surface area (Å²) in [4.78, 5) is 38.9. The van der Waals surface area contributed by atoms with E-state index in [1.165, 1.54) is 0 Å². The van der Waals surface area contributed by atoms with Gasteiger partial charge in [0.25, 0.3) is 11.8 Å². The minimum Gasteiger partial charge on any atom is -0.487 e. The summed E-state index contributed by atoms with van der Waals surface area (Å²) >= 11 is 3.50. The minimum absolute atomic E-state index is 0.00387. The van der Waals surface area contributed by atoms with Crippen molar-refractivity contribution in [3.8, 4) is 5.75 Å². The normalized spacial score (nSPS) is 24.4. The molecule has 1 fully saturated rings. The van der Waals surface area contributed by atoms with Crippen LogP contribution in [0.4, 0.5) is 10.5 Å². The highest BCUT2D eigenvalue weighted by molar-refractivity contribution is 9.10. The van der Waals surface area contributed by atoms with E-state index in [9.17, 15) is 14.4 Å². The number of hydrogen-bond donors (Lipinski definition) is 2. The number of fused-ring (bicyclic) bond motifs is 1. The van der Waals surface area contributed by atoms with Gasteiger partial charge in [-0.2, -0.15) is 5.01 Å². The fourth-order valence-electron chi connectivity index (χ4n) is 3.16. The fraction of sp³-hybridized carbons (Fsp3) is 0.500. The quantitative estimate of drug-likeness (QED) is 0.702. The Morgan fingerprint density at radius 1 is 1.44 bits per heavy atom. The van der Waals surface area contributed by atoms with Gasteiger partial charge in [0.1, 0.15) is 17.4 Å². The van der Waals surface area contributed by atoms with E-state index in [1.807, 2.05) is 30.9 Å². The van der Waals surface area contributed by atoms with Crippen LogP contribution >= 0.6 is 15.9 Å². The average molecular weight is 439 g/mol. The van der Waals surface area contributed by atoms with Gasteiger partial charge in [-0.05, 0) is 44.9 Å². The number of hydrazine groups is 1. The zero-order valence-electron chi connectivity index (χ0n) is 15.8. The van der Waals surface area contributed by atoms with Gasteiger partial charge in [-0.15, -0.1) is 0 Å². The number of halogens is 1. The molecule has 0 aliphatic carbocycles. The Bertz CT molecular complexity index is 815. The number of imide groups is 1. The number of hydrogen-bond acceptors (Lipinski definition) is 5. The van der Waals surface area contributed by atoms with Crippen LogP contribution in [0.3, 0.4) is 0 Å². The van der Waals surface area contributed by atoms with Crippen LogP contribution < -0.4 is 20.4 Å². The maximum absolute atomic E-state index is 12.5. The van der Waals surface area contributed by atoms with Gasteiger partial charge < -0.3 is 15.0 Å². The van der Waals surface area contributed by atoms with Crippen molar-refractivity contribution in [3.63, 3.8) is 0 Å². The number of urea groups is 1. The van der Waals surface area contributed by atoms with E-state index >= 15 is 0 Å². The van der Waals surface area contributed by atoms with Crippen LogP contribution in [0.5, 0.6) is 5.75 Å². The molecule has 4 amide bonds. The third-order valence-electron chi connectivity index (χ3n) is 4.93. The molecule has 146 valence electrons. The van der Waals surface area contributed by atoms with Gasteiger partial charge in [0.15, 0.2) is 0 Å². The van der Waals surface area contributed by atoms with Crippen molar-refractivity contribution in [2.75, 3.05) is 18.0 Å². The van der Waals surface area contributed by atoms with E-state index in [0.717, 1.165) is 20.7 Å².